The normalized spacial score (nSPS) is 19.6. The highest BCUT2D eigenvalue weighted by Crippen LogP contribution is 2.43. The van der Waals surface area contributed by atoms with Gasteiger partial charge in [0.1, 0.15) is 0 Å². The average Bonchev–Trinajstić information content (AvgIpc) is 3.24. The lowest BCUT2D eigenvalue weighted by molar-refractivity contribution is -0.159. The molecule has 0 radical (unpaired) electrons. The summed E-state index contributed by atoms with van der Waals surface area (Å²) in [6.45, 7) is 3.34. The molecule has 0 aromatic heterocycles. The van der Waals surface area contributed by atoms with Gasteiger partial charge in [-0.3, -0.25) is 4.79 Å². The second-order valence-corrected chi connectivity index (χ2v) is 7.95. The van der Waals surface area contributed by atoms with E-state index < -0.39 is 17.4 Å². The molecular weight excluding hydrogens is 372 g/mol. The van der Waals surface area contributed by atoms with Gasteiger partial charge in [0.25, 0.3) is 0 Å². The number of likely N-dealkylation sites (tertiary alicyclic amines) is 1. The molecule has 2 fully saturated rings. The predicted octanol–water partition coefficient (Wildman–Crippen LogP) is 2.63. The second-order valence-electron chi connectivity index (χ2n) is 7.95. The summed E-state index contributed by atoms with van der Waals surface area (Å²) in [6.07, 6.45) is 9.49. The van der Waals surface area contributed by atoms with Crippen molar-refractivity contribution in [1.29, 1.82) is 0 Å². The average molecular weight is 405 g/mol. The lowest BCUT2D eigenvalue weighted by Gasteiger charge is -2.41. The van der Waals surface area contributed by atoms with Crippen LogP contribution in [0, 0.1) is 5.92 Å². The molecule has 1 amide bonds. The van der Waals surface area contributed by atoms with E-state index in [0.29, 0.717) is 5.92 Å². The van der Waals surface area contributed by atoms with Gasteiger partial charge in [-0.2, -0.15) is 0 Å². The first kappa shape index (κ1) is 22.9. The molecule has 7 nitrogen and oxygen atoms in total. The number of carboxylic acid groups (broad SMARTS) is 2. The van der Waals surface area contributed by atoms with Gasteiger partial charge in [-0.15, -0.1) is 0 Å². The van der Waals surface area contributed by atoms with E-state index in [1.165, 1.54) is 45.2 Å². The van der Waals surface area contributed by atoms with Crippen molar-refractivity contribution in [2.75, 3.05) is 19.6 Å². The number of primary amides is 1. The van der Waals surface area contributed by atoms with Crippen molar-refractivity contribution in [3.05, 3.63) is 35.9 Å². The van der Waals surface area contributed by atoms with Crippen molar-refractivity contribution in [3.63, 3.8) is 0 Å². The molecule has 1 saturated heterocycles. The van der Waals surface area contributed by atoms with Crippen molar-refractivity contribution in [2.45, 2.75) is 56.8 Å². The fraction of sp³-hybridized carbons (Fsp3) is 0.591. The van der Waals surface area contributed by atoms with Crippen LogP contribution in [-0.4, -0.2) is 52.6 Å². The zero-order chi connectivity index (χ0) is 21.3. The van der Waals surface area contributed by atoms with Gasteiger partial charge < -0.3 is 20.8 Å². The van der Waals surface area contributed by atoms with Crippen LogP contribution in [0.2, 0.25) is 0 Å². The van der Waals surface area contributed by atoms with Gasteiger partial charge in [-0.25, -0.2) is 9.59 Å². The third-order valence-electron chi connectivity index (χ3n) is 6.23. The Morgan fingerprint density at radius 1 is 0.931 bits per heavy atom. The number of amides is 1. The monoisotopic (exact) mass is 404 g/mol. The number of hydrogen-bond donors (Lipinski definition) is 3. The number of nitrogens with zero attached hydrogens (tertiary/aromatic N) is 1. The molecule has 3 rings (SSSR count). The van der Waals surface area contributed by atoms with E-state index in [9.17, 15) is 4.79 Å². The Hall–Kier alpha value is -2.41. The number of carbonyl (C=O) groups excluding carboxylic acids is 1. The number of rotatable bonds is 6. The molecule has 1 aliphatic heterocycles. The predicted molar refractivity (Wildman–Crippen MR) is 109 cm³/mol. The number of aliphatic carboxylic acids is 2. The molecule has 2 aliphatic rings. The molecule has 1 saturated carbocycles. The van der Waals surface area contributed by atoms with Gasteiger partial charge in [0.15, 0.2) is 0 Å². The molecule has 7 heteroatoms. The Morgan fingerprint density at radius 3 is 1.97 bits per heavy atom. The highest BCUT2D eigenvalue weighted by atomic mass is 16.4. The van der Waals surface area contributed by atoms with E-state index in [2.05, 4.69) is 17.0 Å². The van der Waals surface area contributed by atoms with Crippen LogP contribution in [0.25, 0.3) is 0 Å². The maximum atomic E-state index is 12.7. The van der Waals surface area contributed by atoms with E-state index >= 15 is 0 Å². The van der Waals surface area contributed by atoms with Crippen molar-refractivity contribution in [2.24, 2.45) is 11.7 Å². The Balaban J connectivity index is 0.000000438. The highest BCUT2D eigenvalue weighted by molar-refractivity contribution is 6.27. The Bertz CT molecular complexity index is 670. The zero-order valence-electron chi connectivity index (χ0n) is 16.9. The molecule has 1 aliphatic carbocycles. The Labute approximate surface area is 171 Å². The van der Waals surface area contributed by atoms with Gasteiger partial charge in [0.2, 0.25) is 5.91 Å². The fourth-order valence-corrected chi connectivity index (χ4v) is 4.72. The van der Waals surface area contributed by atoms with E-state index in [1.807, 2.05) is 18.2 Å². The maximum absolute atomic E-state index is 12.7. The number of nitrogens with two attached hydrogens (primary N) is 1. The third-order valence-corrected chi connectivity index (χ3v) is 6.23. The van der Waals surface area contributed by atoms with E-state index in [-0.39, 0.29) is 5.91 Å². The van der Waals surface area contributed by atoms with E-state index in [1.54, 1.807) is 0 Å². The molecule has 0 bridgehead atoms. The van der Waals surface area contributed by atoms with Crippen LogP contribution in [0.15, 0.2) is 30.3 Å². The van der Waals surface area contributed by atoms with E-state index in [4.69, 9.17) is 25.5 Å². The van der Waals surface area contributed by atoms with Crippen LogP contribution < -0.4 is 5.73 Å². The van der Waals surface area contributed by atoms with Gasteiger partial charge >= 0.3 is 11.9 Å². The van der Waals surface area contributed by atoms with Crippen LogP contribution in [0.4, 0.5) is 0 Å². The van der Waals surface area contributed by atoms with Gasteiger partial charge in [-0.05, 0) is 63.2 Å². The van der Waals surface area contributed by atoms with Crippen molar-refractivity contribution in [3.8, 4) is 0 Å². The summed E-state index contributed by atoms with van der Waals surface area (Å²) in [5.74, 6) is -3.36. The van der Waals surface area contributed by atoms with Crippen LogP contribution in [0.5, 0.6) is 0 Å². The third kappa shape index (κ3) is 6.03. The largest absolute Gasteiger partial charge is 0.473 e. The number of carbonyl (C=O) groups is 3. The molecule has 1 aromatic rings. The summed E-state index contributed by atoms with van der Waals surface area (Å²) in [4.78, 5) is 33.4. The SMILES string of the molecule is NC(=O)C(CCN1CCCC1)(c1ccccc1)C1CCCCC1.O=C(O)C(=O)O. The van der Waals surface area contributed by atoms with Crippen LogP contribution in [-0.2, 0) is 19.8 Å². The Kier molecular flexibility index (Phi) is 8.64. The standard InChI is InChI=1S/C20H30N2O.C2H2O4/c21-19(23)20(17-9-3-1-4-10-17,18-11-5-2-6-12-18)13-16-22-14-7-8-15-22;3-1(4)2(5)6/h1,3-4,9-10,18H,2,5-8,11-16H2,(H2,21,23);(H,3,4)(H,5,6). The van der Waals surface area contributed by atoms with Crippen molar-refractivity contribution in [1.82, 2.24) is 4.90 Å². The molecular formula is C22H32N2O5. The quantitative estimate of drug-likeness (QED) is 0.627. The molecule has 4 N–H and O–H groups in total. The Morgan fingerprint density at radius 2 is 1.48 bits per heavy atom. The minimum absolute atomic E-state index is 0.116. The smallest absolute Gasteiger partial charge is 0.414 e. The van der Waals surface area contributed by atoms with Crippen LogP contribution in [0.3, 0.4) is 0 Å². The van der Waals surface area contributed by atoms with Crippen LogP contribution >= 0.6 is 0 Å². The summed E-state index contributed by atoms with van der Waals surface area (Å²) in [5, 5.41) is 14.8. The summed E-state index contributed by atoms with van der Waals surface area (Å²) in [6, 6.07) is 10.3. The molecule has 0 spiro atoms. The minimum Gasteiger partial charge on any atom is -0.473 e. The van der Waals surface area contributed by atoms with Gasteiger partial charge in [0, 0.05) is 0 Å². The first-order chi connectivity index (χ1) is 13.9. The molecule has 1 atom stereocenters. The van der Waals surface area contributed by atoms with Crippen LogP contribution in [0.1, 0.15) is 56.9 Å². The number of hydrogen-bond acceptors (Lipinski definition) is 4. The molecule has 1 unspecified atom stereocenters. The minimum atomic E-state index is -1.82. The lowest BCUT2D eigenvalue weighted by Crippen LogP contribution is -2.49. The topological polar surface area (TPSA) is 121 Å². The summed E-state index contributed by atoms with van der Waals surface area (Å²) in [7, 11) is 0. The number of carboxylic acids is 2. The lowest BCUT2D eigenvalue weighted by atomic mass is 9.62. The van der Waals surface area contributed by atoms with Crippen molar-refractivity contribution < 1.29 is 24.6 Å². The van der Waals surface area contributed by atoms with E-state index in [0.717, 1.165) is 31.4 Å². The summed E-state index contributed by atoms with van der Waals surface area (Å²) >= 11 is 0. The molecule has 1 aromatic carbocycles. The zero-order valence-corrected chi connectivity index (χ0v) is 16.9. The first-order valence-electron chi connectivity index (χ1n) is 10.4. The van der Waals surface area contributed by atoms with Crippen molar-refractivity contribution >= 4 is 17.8 Å². The highest BCUT2D eigenvalue weighted by Gasteiger charge is 2.45. The number of benzene rings is 1. The summed E-state index contributed by atoms with van der Waals surface area (Å²) < 4.78 is 0. The van der Waals surface area contributed by atoms with Gasteiger partial charge in [0.05, 0.1) is 5.41 Å². The molecule has 160 valence electrons. The van der Waals surface area contributed by atoms with Gasteiger partial charge in [-0.1, -0.05) is 49.6 Å². The second kappa shape index (κ2) is 11.0. The molecule has 1 heterocycles. The molecule has 29 heavy (non-hydrogen) atoms. The maximum Gasteiger partial charge on any atom is 0.414 e. The summed E-state index contributed by atoms with van der Waals surface area (Å²) in [5.41, 5.74) is 6.72. The fourth-order valence-electron chi connectivity index (χ4n) is 4.72. The first-order valence-corrected chi connectivity index (χ1v) is 10.4.